The van der Waals surface area contributed by atoms with E-state index in [4.69, 9.17) is 19.2 Å². The molecule has 0 aliphatic rings. The summed E-state index contributed by atoms with van der Waals surface area (Å²) in [5, 5.41) is 2.59. The fourth-order valence-electron chi connectivity index (χ4n) is 3.92. The highest BCUT2D eigenvalue weighted by molar-refractivity contribution is 7.22. The normalized spacial score (nSPS) is 11.2. The average Bonchev–Trinajstić information content (AvgIpc) is 3.29. The third-order valence-corrected chi connectivity index (χ3v) is 6.75. The van der Waals surface area contributed by atoms with E-state index in [1.807, 2.05) is 62.6 Å². The molecule has 34 heavy (non-hydrogen) atoms. The Morgan fingerprint density at radius 1 is 0.882 bits per heavy atom. The molecule has 0 radical (unpaired) electrons. The SMILES string of the molecule is COc1cc2ccccc2cc1C(=O)N(CCCN(C)C)c1nc2c(OC)ccc(OC)c2s1. The van der Waals surface area contributed by atoms with Gasteiger partial charge in [0, 0.05) is 6.54 Å². The molecule has 0 aliphatic heterocycles. The number of carbonyl (C=O) groups excluding carboxylic acids is 1. The van der Waals surface area contributed by atoms with E-state index in [9.17, 15) is 4.79 Å². The second-order valence-electron chi connectivity index (χ2n) is 8.16. The lowest BCUT2D eigenvalue weighted by Crippen LogP contribution is -2.33. The second kappa shape index (κ2) is 10.3. The molecule has 4 aromatic rings. The molecular formula is C26H29N3O4S. The molecule has 0 aliphatic carbocycles. The first-order valence-corrected chi connectivity index (χ1v) is 11.8. The molecule has 7 nitrogen and oxygen atoms in total. The maximum atomic E-state index is 14.0. The van der Waals surface area contributed by atoms with Gasteiger partial charge in [-0.15, -0.1) is 0 Å². The van der Waals surface area contributed by atoms with Gasteiger partial charge in [-0.2, -0.15) is 0 Å². The average molecular weight is 480 g/mol. The number of hydrogen-bond donors (Lipinski definition) is 0. The largest absolute Gasteiger partial charge is 0.496 e. The van der Waals surface area contributed by atoms with E-state index in [1.165, 1.54) is 11.3 Å². The van der Waals surface area contributed by atoms with Gasteiger partial charge >= 0.3 is 0 Å². The van der Waals surface area contributed by atoms with Crippen LogP contribution in [0.25, 0.3) is 21.0 Å². The van der Waals surface area contributed by atoms with Crippen LogP contribution in [-0.2, 0) is 0 Å². The number of carbonyl (C=O) groups is 1. The van der Waals surface area contributed by atoms with Crippen LogP contribution in [0.3, 0.4) is 0 Å². The van der Waals surface area contributed by atoms with Crippen LogP contribution in [0.5, 0.6) is 17.2 Å². The maximum absolute atomic E-state index is 14.0. The molecule has 0 fully saturated rings. The van der Waals surface area contributed by atoms with Crippen LogP contribution in [0.15, 0.2) is 48.5 Å². The summed E-state index contributed by atoms with van der Waals surface area (Å²) < 4.78 is 17.5. The summed E-state index contributed by atoms with van der Waals surface area (Å²) in [6, 6.07) is 15.4. The summed E-state index contributed by atoms with van der Waals surface area (Å²) in [7, 11) is 8.86. The Balaban J connectivity index is 1.82. The molecule has 4 rings (SSSR count). The Hall–Kier alpha value is -3.36. The summed E-state index contributed by atoms with van der Waals surface area (Å²) in [6.07, 6.45) is 0.791. The number of nitrogens with zero attached hydrogens (tertiary/aromatic N) is 3. The lowest BCUT2D eigenvalue weighted by molar-refractivity contribution is 0.0983. The molecule has 0 saturated heterocycles. The molecule has 178 valence electrons. The Labute approximate surface area is 203 Å². The van der Waals surface area contributed by atoms with Gasteiger partial charge in [-0.1, -0.05) is 35.6 Å². The zero-order chi connectivity index (χ0) is 24.2. The molecule has 0 atom stereocenters. The van der Waals surface area contributed by atoms with Crippen molar-refractivity contribution in [2.75, 3.05) is 53.4 Å². The highest BCUT2D eigenvalue weighted by Gasteiger charge is 2.26. The maximum Gasteiger partial charge on any atom is 0.263 e. The third kappa shape index (κ3) is 4.64. The second-order valence-corrected chi connectivity index (χ2v) is 9.14. The Bertz CT molecular complexity index is 1280. The van der Waals surface area contributed by atoms with Gasteiger partial charge in [0.05, 0.1) is 26.9 Å². The van der Waals surface area contributed by atoms with Crippen molar-refractivity contribution in [3.05, 3.63) is 54.1 Å². The van der Waals surface area contributed by atoms with Crippen LogP contribution >= 0.6 is 11.3 Å². The monoisotopic (exact) mass is 479 g/mol. The van der Waals surface area contributed by atoms with Crippen molar-refractivity contribution in [3.63, 3.8) is 0 Å². The Morgan fingerprint density at radius 2 is 1.53 bits per heavy atom. The van der Waals surface area contributed by atoms with E-state index >= 15 is 0 Å². The van der Waals surface area contributed by atoms with E-state index < -0.39 is 0 Å². The van der Waals surface area contributed by atoms with E-state index in [0.717, 1.165) is 28.4 Å². The van der Waals surface area contributed by atoms with Crippen molar-refractivity contribution in [1.82, 2.24) is 9.88 Å². The topological polar surface area (TPSA) is 64.1 Å². The minimum Gasteiger partial charge on any atom is -0.496 e. The Kier molecular flexibility index (Phi) is 7.19. The summed E-state index contributed by atoms with van der Waals surface area (Å²) in [4.78, 5) is 22.6. The van der Waals surface area contributed by atoms with Crippen molar-refractivity contribution in [3.8, 4) is 17.2 Å². The predicted octanol–water partition coefficient (Wildman–Crippen LogP) is 5.07. The fraction of sp³-hybridized carbons (Fsp3) is 0.308. The first kappa shape index (κ1) is 23.8. The van der Waals surface area contributed by atoms with Crippen molar-refractivity contribution >= 4 is 43.4 Å². The quantitative estimate of drug-likeness (QED) is 0.334. The van der Waals surface area contributed by atoms with Crippen molar-refractivity contribution < 1.29 is 19.0 Å². The lowest BCUT2D eigenvalue weighted by atomic mass is 10.0. The van der Waals surface area contributed by atoms with Gasteiger partial charge in [0.15, 0.2) is 5.13 Å². The van der Waals surface area contributed by atoms with Gasteiger partial charge in [-0.05, 0) is 62.1 Å². The number of aromatic nitrogens is 1. The predicted molar refractivity (Wildman–Crippen MR) is 138 cm³/mol. The molecule has 0 bridgehead atoms. The van der Waals surface area contributed by atoms with Crippen molar-refractivity contribution in [1.29, 1.82) is 0 Å². The molecule has 0 N–H and O–H groups in total. The fourth-order valence-corrected chi connectivity index (χ4v) is 5.02. The Morgan fingerprint density at radius 3 is 2.18 bits per heavy atom. The van der Waals surface area contributed by atoms with Crippen LogP contribution in [0.1, 0.15) is 16.8 Å². The molecule has 0 spiro atoms. The first-order valence-electron chi connectivity index (χ1n) is 11.0. The van der Waals surface area contributed by atoms with Gasteiger partial charge < -0.3 is 19.1 Å². The number of methoxy groups -OCH3 is 3. The molecular weight excluding hydrogens is 450 g/mol. The highest BCUT2D eigenvalue weighted by atomic mass is 32.1. The molecule has 1 amide bonds. The zero-order valence-corrected chi connectivity index (χ0v) is 20.9. The van der Waals surface area contributed by atoms with Gasteiger partial charge in [-0.3, -0.25) is 9.69 Å². The van der Waals surface area contributed by atoms with Crippen molar-refractivity contribution in [2.45, 2.75) is 6.42 Å². The number of anilines is 1. The van der Waals surface area contributed by atoms with Gasteiger partial charge in [0.2, 0.25) is 0 Å². The van der Waals surface area contributed by atoms with E-state index in [1.54, 1.807) is 26.2 Å². The van der Waals surface area contributed by atoms with E-state index in [-0.39, 0.29) is 5.91 Å². The molecule has 1 aromatic heterocycles. The first-order chi connectivity index (χ1) is 16.5. The van der Waals surface area contributed by atoms with Crippen LogP contribution in [0.4, 0.5) is 5.13 Å². The number of thiazole rings is 1. The molecule has 1 heterocycles. The smallest absolute Gasteiger partial charge is 0.263 e. The minimum atomic E-state index is -0.154. The number of benzene rings is 3. The third-order valence-electron chi connectivity index (χ3n) is 5.66. The standard InChI is InChI=1S/C26H29N3O4S/c1-28(2)13-8-14-29(26-27-23-20(31-3)11-12-21(32-4)24(23)34-26)25(30)19-15-17-9-6-7-10-18(17)16-22(19)33-5/h6-7,9-12,15-16H,8,13-14H2,1-5H3. The number of fused-ring (bicyclic) bond motifs is 2. The van der Waals surface area contributed by atoms with Crippen molar-refractivity contribution in [2.24, 2.45) is 0 Å². The summed E-state index contributed by atoms with van der Waals surface area (Å²) in [5.41, 5.74) is 1.18. The summed E-state index contributed by atoms with van der Waals surface area (Å²) in [5.74, 6) is 1.72. The summed E-state index contributed by atoms with van der Waals surface area (Å²) >= 11 is 1.42. The highest BCUT2D eigenvalue weighted by Crippen LogP contribution is 2.41. The molecule has 0 unspecified atom stereocenters. The van der Waals surface area contributed by atoms with Crippen LogP contribution < -0.4 is 19.1 Å². The molecule has 8 heteroatoms. The van der Waals surface area contributed by atoms with Gasteiger partial charge in [-0.25, -0.2) is 4.98 Å². The molecule has 0 saturated carbocycles. The van der Waals surface area contributed by atoms with E-state index in [2.05, 4.69) is 4.90 Å². The zero-order valence-electron chi connectivity index (χ0n) is 20.1. The van der Waals surface area contributed by atoms with Crippen LogP contribution in [0, 0.1) is 0 Å². The molecule has 3 aromatic carbocycles. The van der Waals surface area contributed by atoms with Gasteiger partial charge in [0.1, 0.15) is 27.5 Å². The van der Waals surface area contributed by atoms with Crippen LogP contribution in [-0.4, -0.2) is 64.3 Å². The minimum absolute atomic E-state index is 0.154. The lowest BCUT2D eigenvalue weighted by Gasteiger charge is -2.22. The van der Waals surface area contributed by atoms with E-state index in [0.29, 0.717) is 40.0 Å². The van der Waals surface area contributed by atoms with Gasteiger partial charge in [0.25, 0.3) is 5.91 Å². The number of amides is 1. The van der Waals surface area contributed by atoms with Crippen LogP contribution in [0.2, 0.25) is 0 Å². The summed E-state index contributed by atoms with van der Waals surface area (Å²) in [6.45, 7) is 1.35. The number of rotatable bonds is 9. The number of ether oxygens (including phenoxy) is 3. The number of hydrogen-bond acceptors (Lipinski definition) is 7.